The lowest BCUT2D eigenvalue weighted by Crippen LogP contribution is -2.33. The van der Waals surface area contributed by atoms with Gasteiger partial charge in [0.25, 0.3) is 0 Å². The first-order valence-electron chi connectivity index (χ1n) is 6.97. The average Bonchev–Trinajstić information content (AvgIpc) is 2.35. The molecule has 0 amide bonds. The van der Waals surface area contributed by atoms with Gasteiger partial charge in [0.2, 0.25) is 9.05 Å². The van der Waals surface area contributed by atoms with Crippen molar-refractivity contribution < 1.29 is 17.9 Å². The second-order valence-electron chi connectivity index (χ2n) is 4.91. The molecule has 4 nitrogen and oxygen atoms in total. The molecule has 0 unspecified atom stereocenters. The van der Waals surface area contributed by atoms with Gasteiger partial charge < -0.3 is 9.47 Å². The highest BCUT2D eigenvalue weighted by Crippen LogP contribution is 2.30. The van der Waals surface area contributed by atoms with Gasteiger partial charge in [0.15, 0.2) is 0 Å². The summed E-state index contributed by atoms with van der Waals surface area (Å²) in [5, 5.41) is 0. The molecule has 0 N–H and O–H groups in total. The van der Waals surface area contributed by atoms with Crippen LogP contribution in [0.25, 0.3) is 0 Å². The van der Waals surface area contributed by atoms with Crippen LogP contribution in [0.2, 0.25) is 0 Å². The zero-order valence-electron chi connectivity index (χ0n) is 12.3. The van der Waals surface area contributed by atoms with Gasteiger partial charge in [-0.3, -0.25) is 0 Å². The predicted molar refractivity (Wildman–Crippen MR) is 79.2 cm³/mol. The van der Waals surface area contributed by atoms with Crippen LogP contribution in [0.15, 0.2) is 0 Å². The summed E-state index contributed by atoms with van der Waals surface area (Å²) in [7, 11) is 1.86. The minimum absolute atomic E-state index is 0.0365. The molecule has 0 aromatic carbocycles. The van der Waals surface area contributed by atoms with Crippen LogP contribution in [0.5, 0.6) is 0 Å². The number of halogens is 1. The summed E-state index contributed by atoms with van der Waals surface area (Å²) in [6.45, 7) is 8.25. The van der Waals surface area contributed by atoms with Crippen LogP contribution in [0.1, 0.15) is 46.5 Å². The SMILES string of the molecule is CCCCOCCOCC(CC)(CC)CS(=O)(=O)Cl. The molecule has 0 aliphatic heterocycles. The molecule has 0 aliphatic rings. The summed E-state index contributed by atoms with van der Waals surface area (Å²) in [6, 6.07) is 0. The van der Waals surface area contributed by atoms with Crippen molar-refractivity contribution in [1.82, 2.24) is 0 Å². The molecule has 0 spiro atoms. The highest BCUT2D eigenvalue weighted by Gasteiger charge is 2.31. The predicted octanol–water partition coefficient (Wildman–Crippen LogP) is 3.19. The lowest BCUT2D eigenvalue weighted by molar-refractivity contribution is 0.00792. The van der Waals surface area contributed by atoms with Crippen molar-refractivity contribution in [3.05, 3.63) is 0 Å². The van der Waals surface area contributed by atoms with Gasteiger partial charge in [0.05, 0.1) is 25.6 Å². The Labute approximate surface area is 122 Å². The molecule has 0 atom stereocenters. The molecule has 0 saturated heterocycles. The molecule has 0 radical (unpaired) electrons. The Morgan fingerprint density at radius 3 is 2.05 bits per heavy atom. The van der Waals surface area contributed by atoms with E-state index in [9.17, 15) is 8.42 Å². The normalized spacial score (nSPS) is 12.8. The summed E-state index contributed by atoms with van der Waals surface area (Å²) in [4.78, 5) is 0. The first kappa shape index (κ1) is 19.2. The summed E-state index contributed by atoms with van der Waals surface area (Å²) >= 11 is 0. The Balaban J connectivity index is 4.01. The minimum Gasteiger partial charge on any atom is -0.379 e. The van der Waals surface area contributed by atoms with Crippen molar-refractivity contribution in [1.29, 1.82) is 0 Å². The van der Waals surface area contributed by atoms with E-state index < -0.39 is 9.05 Å². The van der Waals surface area contributed by atoms with E-state index in [1.165, 1.54) is 0 Å². The van der Waals surface area contributed by atoms with Crippen molar-refractivity contribution in [2.45, 2.75) is 46.5 Å². The fourth-order valence-electron chi connectivity index (χ4n) is 1.82. The number of hydrogen-bond acceptors (Lipinski definition) is 4. The molecule has 0 bridgehead atoms. The summed E-state index contributed by atoms with van der Waals surface area (Å²) in [5.41, 5.74) is -0.385. The second kappa shape index (κ2) is 9.97. The summed E-state index contributed by atoms with van der Waals surface area (Å²) < 4.78 is 33.5. The largest absolute Gasteiger partial charge is 0.379 e. The van der Waals surface area contributed by atoms with E-state index in [1.807, 2.05) is 13.8 Å². The number of ether oxygens (including phenoxy) is 2. The van der Waals surface area contributed by atoms with E-state index in [4.69, 9.17) is 20.2 Å². The third kappa shape index (κ3) is 9.66. The molecule has 0 heterocycles. The quantitative estimate of drug-likeness (QED) is 0.410. The standard InChI is InChI=1S/C13H27ClO4S/c1-4-7-8-17-9-10-18-11-13(5-2,6-3)12-19(14,15)16/h4-12H2,1-3H3. The van der Waals surface area contributed by atoms with E-state index in [2.05, 4.69) is 6.92 Å². The fraction of sp³-hybridized carbons (Fsp3) is 1.00. The lowest BCUT2D eigenvalue weighted by Gasteiger charge is -2.29. The topological polar surface area (TPSA) is 52.6 Å². The van der Waals surface area contributed by atoms with E-state index in [0.29, 0.717) is 19.8 Å². The van der Waals surface area contributed by atoms with E-state index in [1.54, 1.807) is 0 Å². The molecular weight excluding hydrogens is 288 g/mol. The van der Waals surface area contributed by atoms with Gasteiger partial charge in [-0.2, -0.15) is 0 Å². The molecule has 0 fully saturated rings. The Hall–Kier alpha value is 0.160. The number of hydrogen-bond donors (Lipinski definition) is 0. The minimum atomic E-state index is -3.50. The van der Waals surface area contributed by atoms with Crippen molar-refractivity contribution >= 4 is 19.7 Å². The molecule has 0 aliphatic carbocycles. The van der Waals surface area contributed by atoms with E-state index in [0.717, 1.165) is 32.3 Å². The van der Waals surface area contributed by atoms with Gasteiger partial charge in [-0.15, -0.1) is 0 Å². The molecular formula is C13H27ClO4S. The van der Waals surface area contributed by atoms with Crippen LogP contribution < -0.4 is 0 Å². The molecule has 19 heavy (non-hydrogen) atoms. The lowest BCUT2D eigenvalue weighted by atomic mass is 9.85. The monoisotopic (exact) mass is 314 g/mol. The van der Waals surface area contributed by atoms with Gasteiger partial charge in [0, 0.05) is 22.7 Å². The Bertz CT molecular complexity index is 313. The van der Waals surface area contributed by atoms with Gasteiger partial charge in [0.1, 0.15) is 0 Å². The van der Waals surface area contributed by atoms with Gasteiger partial charge >= 0.3 is 0 Å². The fourth-order valence-corrected chi connectivity index (χ4v) is 3.74. The zero-order chi connectivity index (χ0) is 14.8. The first-order valence-corrected chi connectivity index (χ1v) is 9.44. The van der Waals surface area contributed by atoms with Crippen LogP contribution in [0.3, 0.4) is 0 Å². The van der Waals surface area contributed by atoms with Crippen molar-refractivity contribution in [3.63, 3.8) is 0 Å². The molecule has 0 saturated carbocycles. The van der Waals surface area contributed by atoms with Crippen LogP contribution in [-0.2, 0) is 18.5 Å². The molecule has 6 heteroatoms. The summed E-state index contributed by atoms with van der Waals surface area (Å²) in [6.07, 6.45) is 3.62. The van der Waals surface area contributed by atoms with Gasteiger partial charge in [-0.25, -0.2) is 8.42 Å². The third-order valence-corrected chi connectivity index (χ3v) is 4.69. The highest BCUT2D eigenvalue weighted by atomic mass is 35.7. The van der Waals surface area contributed by atoms with E-state index in [-0.39, 0.29) is 11.2 Å². The zero-order valence-corrected chi connectivity index (χ0v) is 13.9. The van der Waals surface area contributed by atoms with E-state index >= 15 is 0 Å². The van der Waals surface area contributed by atoms with Crippen LogP contribution in [0, 0.1) is 5.41 Å². The van der Waals surface area contributed by atoms with Crippen LogP contribution >= 0.6 is 10.7 Å². The van der Waals surface area contributed by atoms with Crippen LogP contribution in [-0.4, -0.2) is 40.6 Å². The maximum atomic E-state index is 11.3. The van der Waals surface area contributed by atoms with Crippen LogP contribution in [0.4, 0.5) is 0 Å². The van der Waals surface area contributed by atoms with Gasteiger partial charge in [-0.1, -0.05) is 27.2 Å². The van der Waals surface area contributed by atoms with Crippen molar-refractivity contribution in [3.8, 4) is 0 Å². The number of rotatable bonds is 12. The third-order valence-electron chi connectivity index (χ3n) is 3.40. The maximum absolute atomic E-state index is 11.3. The average molecular weight is 315 g/mol. The maximum Gasteiger partial charge on any atom is 0.233 e. The molecule has 0 rings (SSSR count). The second-order valence-corrected chi connectivity index (χ2v) is 7.69. The summed E-state index contributed by atoms with van der Waals surface area (Å²) in [5.74, 6) is -0.0365. The van der Waals surface area contributed by atoms with Crippen molar-refractivity contribution in [2.75, 3.05) is 32.2 Å². The van der Waals surface area contributed by atoms with Crippen molar-refractivity contribution in [2.24, 2.45) is 5.41 Å². The molecule has 116 valence electrons. The Kier molecular flexibility index (Phi) is 10.1. The first-order chi connectivity index (χ1) is 8.89. The van der Waals surface area contributed by atoms with Gasteiger partial charge in [-0.05, 0) is 19.3 Å². The Morgan fingerprint density at radius 1 is 1.00 bits per heavy atom. The molecule has 0 aromatic rings. The Morgan fingerprint density at radius 2 is 1.58 bits per heavy atom. The smallest absolute Gasteiger partial charge is 0.233 e. The molecule has 0 aromatic heterocycles. The highest BCUT2D eigenvalue weighted by molar-refractivity contribution is 8.13. The number of unbranched alkanes of at least 4 members (excludes halogenated alkanes) is 1.